The molecular weight excluding hydrogens is 250 g/mol. The number of ether oxygens (including phenoxy) is 1. The smallest absolute Gasteiger partial charge is 0.120 e. The molecule has 2 unspecified atom stereocenters. The van der Waals surface area contributed by atoms with E-state index in [9.17, 15) is 9.32 Å². The molecule has 1 rings (SSSR count). The molecule has 0 fully saturated rings. The highest BCUT2D eigenvalue weighted by Gasteiger charge is 2.11. The van der Waals surface area contributed by atoms with E-state index in [1.54, 1.807) is 31.4 Å². The van der Waals surface area contributed by atoms with E-state index >= 15 is 0 Å². The topological polar surface area (TPSA) is 58.6 Å². The van der Waals surface area contributed by atoms with Crippen molar-refractivity contribution in [2.24, 2.45) is 0 Å². The first kappa shape index (κ1) is 15.1. The molecule has 0 saturated heterocycles. The van der Waals surface area contributed by atoms with E-state index in [1.807, 2.05) is 0 Å². The number of nitrogens with one attached hydrogen (secondary N) is 1. The summed E-state index contributed by atoms with van der Waals surface area (Å²) in [4.78, 5) is 0.684. The van der Waals surface area contributed by atoms with E-state index in [-0.39, 0.29) is 5.75 Å². The fourth-order valence-corrected chi connectivity index (χ4v) is 2.66. The van der Waals surface area contributed by atoms with Crippen LogP contribution in [0.25, 0.3) is 0 Å². The summed E-state index contributed by atoms with van der Waals surface area (Å²) in [7, 11) is 0.374. The lowest BCUT2D eigenvalue weighted by Gasteiger charge is -2.11. The lowest BCUT2D eigenvalue weighted by molar-refractivity contribution is 0.195. The van der Waals surface area contributed by atoms with Crippen molar-refractivity contribution < 1.29 is 14.1 Å². The molecule has 0 aliphatic carbocycles. The van der Waals surface area contributed by atoms with Crippen LogP contribution in [0.2, 0.25) is 0 Å². The molecule has 2 N–H and O–H groups in total. The zero-order valence-electron chi connectivity index (χ0n) is 10.9. The Bertz CT molecular complexity index is 384. The van der Waals surface area contributed by atoms with Crippen molar-refractivity contribution in [1.29, 1.82) is 0 Å². The highest BCUT2D eigenvalue weighted by atomic mass is 32.2. The van der Waals surface area contributed by atoms with Crippen LogP contribution in [0.15, 0.2) is 29.2 Å². The third kappa shape index (κ3) is 5.16. The molecule has 0 aromatic heterocycles. The average molecular weight is 271 g/mol. The van der Waals surface area contributed by atoms with Gasteiger partial charge in [-0.1, -0.05) is 13.0 Å². The summed E-state index contributed by atoms with van der Waals surface area (Å²) in [6.07, 6.45) is 0.426. The number of hydrogen-bond donors (Lipinski definition) is 2. The molecule has 18 heavy (non-hydrogen) atoms. The molecule has 4 nitrogen and oxygen atoms in total. The van der Waals surface area contributed by atoms with Crippen LogP contribution in [0.5, 0.6) is 5.75 Å². The molecule has 5 heteroatoms. The van der Waals surface area contributed by atoms with Gasteiger partial charge in [0.2, 0.25) is 0 Å². The van der Waals surface area contributed by atoms with Crippen molar-refractivity contribution >= 4 is 10.8 Å². The van der Waals surface area contributed by atoms with Gasteiger partial charge in [0.05, 0.1) is 29.8 Å². The fraction of sp³-hybridized carbons (Fsp3) is 0.538. The lowest BCUT2D eigenvalue weighted by atomic mass is 10.3. The molecule has 0 spiro atoms. The highest BCUT2D eigenvalue weighted by Crippen LogP contribution is 2.16. The third-order valence-corrected chi connectivity index (χ3v) is 3.92. The number of aliphatic hydroxyl groups is 1. The minimum absolute atomic E-state index is 0.240. The second-order valence-electron chi connectivity index (χ2n) is 4.05. The molecule has 102 valence electrons. The summed E-state index contributed by atoms with van der Waals surface area (Å²) < 4.78 is 17.1. The summed E-state index contributed by atoms with van der Waals surface area (Å²) in [5.74, 6) is 0.920. The summed E-state index contributed by atoms with van der Waals surface area (Å²) in [5.41, 5.74) is 0. The van der Waals surface area contributed by atoms with Crippen molar-refractivity contribution in [2.75, 3.05) is 26.0 Å². The molecule has 0 saturated carbocycles. The van der Waals surface area contributed by atoms with Gasteiger partial charge in [-0.25, -0.2) is 0 Å². The van der Waals surface area contributed by atoms with E-state index in [4.69, 9.17) is 4.74 Å². The normalized spacial score (nSPS) is 14.2. The number of benzene rings is 1. The quantitative estimate of drug-likeness (QED) is 0.697. The molecule has 0 aliphatic rings. The van der Waals surface area contributed by atoms with Crippen LogP contribution in [0.1, 0.15) is 13.3 Å². The Hall–Kier alpha value is -0.910. The number of methoxy groups -OCH3 is 1. The van der Waals surface area contributed by atoms with Gasteiger partial charge < -0.3 is 15.2 Å². The van der Waals surface area contributed by atoms with Gasteiger partial charge in [0, 0.05) is 11.4 Å². The Morgan fingerprint density at radius 2 is 2.28 bits per heavy atom. The third-order valence-electron chi connectivity index (χ3n) is 2.45. The predicted molar refractivity (Wildman–Crippen MR) is 73.4 cm³/mol. The van der Waals surface area contributed by atoms with E-state index in [0.717, 1.165) is 13.0 Å². The van der Waals surface area contributed by atoms with Gasteiger partial charge in [-0.2, -0.15) is 0 Å². The average Bonchev–Trinajstić information content (AvgIpc) is 2.39. The minimum Gasteiger partial charge on any atom is -0.497 e. The van der Waals surface area contributed by atoms with E-state index in [0.29, 0.717) is 17.2 Å². The van der Waals surface area contributed by atoms with Crippen molar-refractivity contribution in [1.82, 2.24) is 5.32 Å². The monoisotopic (exact) mass is 271 g/mol. The molecule has 0 amide bonds. The molecule has 0 bridgehead atoms. The maximum atomic E-state index is 12.0. The maximum absolute atomic E-state index is 12.0. The lowest BCUT2D eigenvalue weighted by Crippen LogP contribution is -2.31. The van der Waals surface area contributed by atoms with Crippen LogP contribution >= 0.6 is 0 Å². The SMILES string of the molecule is CCCNCC(O)CS(=O)c1cccc(OC)c1. The van der Waals surface area contributed by atoms with Crippen LogP contribution < -0.4 is 10.1 Å². The van der Waals surface area contributed by atoms with E-state index in [2.05, 4.69) is 12.2 Å². The van der Waals surface area contributed by atoms with Gasteiger partial charge in [-0.3, -0.25) is 4.21 Å². The Morgan fingerprint density at radius 3 is 2.94 bits per heavy atom. The largest absolute Gasteiger partial charge is 0.497 e. The molecule has 1 aromatic carbocycles. The van der Waals surface area contributed by atoms with Crippen LogP contribution in [0, 0.1) is 0 Å². The first-order chi connectivity index (χ1) is 8.67. The summed E-state index contributed by atoms with van der Waals surface area (Å²) in [6, 6.07) is 7.13. The van der Waals surface area contributed by atoms with Gasteiger partial charge >= 0.3 is 0 Å². The Balaban J connectivity index is 2.48. The molecule has 2 atom stereocenters. The van der Waals surface area contributed by atoms with Crippen molar-refractivity contribution in [2.45, 2.75) is 24.3 Å². The summed E-state index contributed by atoms with van der Waals surface area (Å²) in [5, 5.41) is 12.9. The van der Waals surface area contributed by atoms with Gasteiger partial charge in [0.1, 0.15) is 5.75 Å². The van der Waals surface area contributed by atoms with Gasteiger partial charge in [-0.15, -0.1) is 0 Å². The van der Waals surface area contributed by atoms with E-state index < -0.39 is 16.9 Å². The zero-order valence-corrected chi connectivity index (χ0v) is 11.7. The number of hydrogen-bond acceptors (Lipinski definition) is 4. The second kappa shape index (κ2) is 8.24. The first-order valence-corrected chi connectivity index (χ1v) is 7.40. The van der Waals surface area contributed by atoms with Crippen molar-refractivity contribution in [3.8, 4) is 5.75 Å². The Kier molecular flexibility index (Phi) is 6.93. The first-order valence-electron chi connectivity index (χ1n) is 6.08. The molecule has 1 aromatic rings. The molecular formula is C13H21NO3S. The number of aliphatic hydroxyl groups excluding tert-OH is 1. The van der Waals surface area contributed by atoms with Crippen molar-refractivity contribution in [3.05, 3.63) is 24.3 Å². The Labute approximate surface area is 111 Å². The highest BCUT2D eigenvalue weighted by molar-refractivity contribution is 7.85. The minimum atomic E-state index is -1.20. The van der Waals surface area contributed by atoms with Gasteiger partial charge in [-0.05, 0) is 31.2 Å². The summed E-state index contributed by atoms with van der Waals surface area (Å²) in [6.45, 7) is 3.40. The van der Waals surface area contributed by atoms with Gasteiger partial charge in [0.25, 0.3) is 0 Å². The van der Waals surface area contributed by atoms with Crippen LogP contribution in [0.4, 0.5) is 0 Å². The fourth-order valence-electron chi connectivity index (χ4n) is 1.52. The van der Waals surface area contributed by atoms with Crippen molar-refractivity contribution in [3.63, 3.8) is 0 Å². The zero-order chi connectivity index (χ0) is 13.4. The van der Waals surface area contributed by atoms with Crippen LogP contribution in [-0.4, -0.2) is 41.4 Å². The number of rotatable bonds is 8. The predicted octanol–water partition coefficient (Wildman–Crippen LogP) is 1.16. The van der Waals surface area contributed by atoms with Gasteiger partial charge in [0.15, 0.2) is 0 Å². The molecule has 0 heterocycles. The van der Waals surface area contributed by atoms with Crippen LogP contribution in [-0.2, 0) is 10.8 Å². The molecule has 0 aliphatic heterocycles. The standard InChI is InChI=1S/C13H21NO3S/c1-3-7-14-9-11(15)10-18(16)13-6-4-5-12(8-13)17-2/h4-6,8,11,14-15H,3,7,9-10H2,1-2H3. The molecule has 0 radical (unpaired) electrons. The van der Waals surface area contributed by atoms with Crippen LogP contribution in [0.3, 0.4) is 0 Å². The maximum Gasteiger partial charge on any atom is 0.120 e. The second-order valence-corrected chi connectivity index (χ2v) is 5.54. The summed E-state index contributed by atoms with van der Waals surface area (Å²) >= 11 is 0. The Morgan fingerprint density at radius 1 is 1.50 bits per heavy atom. The van der Waals surface area contributed by atoms with E-state index in [1.165, 1.54) is 0 Å².